The molecule has 90 valence electrons. The van der Waals surface area contributed by atoms with Gasteiger partial charge in [-0.2, -0.15) is 0 Å². The van der Waals surface area contributed by atoms with Crippen LogP contribution in [0.5, 0.6) is 0 Å². The average molecular weight is 216 g/mol. The lowest BCUT2D eigenvalue weighted by Gasteiger charge is -2.16. The van der Waals surface area contributed by atoms with Crippen LogP contribution in [0.15, 0.2) is 0 Å². The maximum absolute atomic E-state index is 9.75. The van der Waals surface area contributed by atoms with Crippen molar-refractivity contribution in [1.29, 1.82) is 0 Å². The van der Waals surface area contributed by atoms with E-state index >= 15 is 0 Å². The zero-order chi connectivity index (χ0) is 11.1. The van der Waals surface area contributed by atoms with Crippen molar-refractivity contribution >= 4 is 0 Å². The van der Waals surface area contributed by atoms with E-state index in [1.165, 1.54) is 6.42 Å². The molecule has 0 spiro atoms. The molecule has 1 rings (SSSR count). The van der Waals surface area contributed by atoms with Gasteiger partial charge in [0.1, 0.15) is 0 Å². The Balaban J connectivity index is 1.94. The molecule has 0 aliphatic carbocycles. The van der Waals surface area contributed by atoms with Crippen molar-refractivity contribution in [2.75, 3.05) is 26.4 Å². The lowest BCUT2D eigenvalue weighted by molar-refractivity contribution is 0.000725. The van der Waals surface area contributed by atoms with Crippen molar-refractivity contribution in [3.63, 3.8) is 0 Å². The van der Waals surface area contributed by atoms with Crippen LogP contribution in [0.25, 0.3) is 0 Å². The van der Waals surface area contributed by atoms with Crippen LogP contribution < -0.4 is 0 Å². The zero-order valence-electron chi connectivity index (χ0n) is 9.95. The summed E-state index contributed by atoms with van der Waals surface area (Å²) in [6.45, 7) is 7.13. The van der Waals surface area contributed by atoms with Crippen LogP contribution in [0.3, 0.4) is 0 Å². The number of aliphatic hydroxyl groups excluding tert-OH is 1. The van der Waals surface area contributed by atoms with Crippen LogP contribution in [0.1, 0.15) is 33.1 Å². The van der Waals surface area contributed by atoms with Gasteiger partial charge in [-0.15, -0.1) is 0 Å². The van der Waals surface area contributed by atoms with Gasteiger partial charge in [-0.05, 0) is 25.2 Å². The van der Waals surface area contributed by atoms with Crippen LogP contribution in [-0.4, -0.2) is 37.6 Å². The van der Waals surface area contributed by atoms with Crippen molar-refractivity contribution in [3.8, 4) is 0 Å². The minimum Gasteiger partial charge on any atom is -0.390 e. The normalized spacial score (nSPS) is 23.6. The van der Waals surface area contributed by atoms with Gasteiger partial charge >= 0.3 is 0 Å². The summed E-state index contributed by atoms with van der Waals surface area (Å²) in [7, 11) is 0. The topological polar surface area (TPSA) is 38.7 Å². The minimum atomic E-state index is -0.341. The standard InChI is InChI=1S/C12H24O3/c1-10(2)4-3-6-14-9-12(13)11-5-7-15-8-11/h10-13H,3-9H2,1-2H3. The number of rotatable bonds is 7. The van der Waals surface area contributed by atoms with Crippen LogP contribution in [0.2, 0.25) is 0 Å². The van der Waals surface area contributed by atoms with Crippen LogP contribution in [-0.2, 0) is 9.47 Å². The number of hydrogen-bond donors (Lipinski definition) is 1. The summed E-state index contributed by atoms with van der Waals surface area (Å²) in [6, 6.07) is 0. The van der Waals surface area contributed by atoms with Gasteiger partial charge in [0.05, 0.1) is 19.3 Å². The summed E-state index contributed by atoms with van der Waals surface area (Å²) >= 11 is 0. The lowest BCUT2D eigenvalue weighted by atomic mass is 10.0. The van der Waals surface area contributed by atoms with Crippen molar-refractivity contribution in [3.05, 3.63) is 0 Å². The van der Waals surface area contributed by atoms with Gasteiger partial charge in [0.25, 0.3) is 0 Å². The summed E-state index contributed by atoms with van der Waals surface area (Å²) in [4.78, 5) is 0. The van der Waals surface area contributed by atoms with Crippen molar-refractivity contribution in [1.82, 2.24) is 0 Å². The quantitative estimate of drug-likeness (QED) is 0.660. The molecule has 15 heavy (non-hydrogen) atoms. The number of aliphatic hydroxyl groups is 1. The largest absolute Gasteiger partial charge is 0.390 e. The first-order valence-corrected chi connectivity index (χ1v) is 6.03. The molecule has 0 aromatic heterocycles. The van der Waals surface area contributed by atoms with Gasteiger partial charge in [0.15, 0.2) is 0 Å². The average Bonchev–Trinajstić information content (AvgIpc) is 2.69. The van der Waals surface area contributed by atoms with Crippen LogP contribution >= 0.6 is 0 Å². The molecule has 0 aromatic rings. The maximum Gasteiger partial charge on any atom is 0.0824 e. The molecule has 1 aliphatic heterocycles. The van der Waals surface area contributed by atoms with Gasteiger partial charge in [0.2, 0.25) is 0 Å². The van der Waals surface area contributed by atoms with E-state index in [9.17, 15) is 5.11 Å². The molecule has 2 atom stereocenters. The highest BCUT2D eigenvalue weighted by Crippen LogP contribution is 2.16. The Bertz CT molecular complexity index is 153. The molecule has 1 heterocycles. The molecule has 3 heteroatoms. The second-order valence-corrected chi connectivity index (χ2v) is 4.80. The van der Waals surface area contributed by atoms with E-state index in [0.717, 1.165) is 32.0 Å². The zero-order valence-corrected chi connectivity index (χ0v) is 9.95. The molecule has 0 saturated carbocycles. The fourth-order valence-corrected chi connectivity index (χ4v) is 1.79. The monoisotopic (exact) mass is 216 g/mol. The fourth-order valence-electron chi connectivity index (χ4n) is 1.79. The van der Waals surface area contributed by atoms with E-state index in [0.29, 0.717) is 13.2 Å². The summed E-state index contributed by atoms with van der Waals surface area (Å²) in [5.74, 6) is 1.02. The van der Waals surface area contributed by atoms with Crippen LogP contribution in [0.4, 0.5) is 0 Å². The highest BCUT2D eigenvalue weighted by molar-refractivity contribution is 4.72. The molecule has 2 unspecified atom stereocenters. The van der Waals surface area contributed by atoms with E-state index < -0.39 is 0 Å². The molecular weight excluding hydrogens is 192 g/mol. The highest BCUT2D eigenvalue weighted by Gasteiger charge is 2.23. The molecule has 0 bridgehead atoms. The van der Waals surface area contributed by atoms with Gasteiger partial charge in [0, 0.05) is 19.1 Å². The van der Waals surface area contributed by atoms with E-state index in [4.69, 9.17) is 9.47 Å². The van der Waals surface area contributed by atoms with Gasteiger partial charge in [-0.25, -0.2) is 0 Å². The van der Waals surface area contributed by atoms with Crippen molar-refractivity contribution in [2.45, 2.75) is 39.2 Å². The SMILES string of the molecule is CC(C)CCCOCC(O)C1CCOC1. The third-order valence-corrected chi connectivity index (χ3v) is 2.87. The predicted molar refractivity (Wildman–Crippen MR) is 59.8 cm³/mol. The second-order valence-electron chi connectivity index (χ2n) is 4.80. The number of ether oxygens (including phenoxy) is 2. The summed E-state index contributed by atoms with van der Waals surface area (Å²) in [5, 5.41) is 9.75. The van der Waals surface area contributed by atoms with E-state index in [2.05, 4.69) is 13.8 Å². The molecule has 1 aliphatic rings. The summed E-state index contributed by atoms with van der Waals surface area (Å²) in [5.41, 5.74) is 0. The molecule has 1 N–H and O–H groups in total. The molecule has 0 radical (unpaired) electrons. The van der Waals surface area contributed by atoms with E-state index in [-0.39, 0.29) is 12.0 Å². The Labute approximate surface area is 92.8 Å². The molecule has 1 fully saturated rings. The first kappa shape index (κ1) is 12.9. The third kappa shape index (κ3) is 5.50. The van der Waals surface area contributed by atoms with Gasteiger partial charge in [-0.1, -0.05) is 13.8 Å². The van der Waals surface area contributed by atoms with Crippen molar-refractivity contribution in [2.24, 2.45) is 11.8 Å². The number of hydrogen-bond acceptors (Lipinski definition) is 3. The first-order valence-electron chi connectivity index (χ1n) is 6.03. The molecule has 3 nitrogen and oxygen atoms in total. The molecular formula is C12H24O3. The second kappa shape index (κ2) is 7.20. The Morgan fingerprint density at radius 1 is 1.47 bits per heavy atom. The van der Waals surface area contributed by atoms with Crippen LogP contribution in [0, 0.1) is 11.8 Å². The molecule has 1 saturated heterocycles. The lowest BCUT2D eigenvalue weighted by Crippen LogP contribution is -2.26. The predicted octanol–water partition coefficient (Wildman–Crippen LogP) is 1.84. The van der Waals surface area contributed by atoms with Crippen molar-refractivity contribution < 1.29 is 14.6 Å². The minimum absolute atomic E-state index is 0.287. The van der Waals surface area contributed by atoms with Gasteiger partial charge in [-0.3, -0.25) is 0 Å². The smallest absolute Gasteiger partial charge is 0.0824 e. The van der Waals surface area contributed by atoms with E-state index in [1.807, 2.05) is 0 Å². The van der Waals surface area contributed by atoms with E-state index in [1.54, 1.807) is 0 Å². The first-order chi connectivity index (χ1) is 7.20. The Kier molecular flexibility index (Phi) is 6.22. The Morgan fingerprint density at radius 2 is 2.27 bits per heavy atom. The highest BCUT2D eigenvalue weighted by atomic mass is 16.5. The fraction of sp³-hybridized carbons (Fsp3) is 1.00. The Morgan fingerprint density at radius 3 is 2.87 bits per heavy atom. The molecule has 0 aromatic carbocycles. The molecule has 0 amide bonds. The summed E-state index contributed by atoms with van der Waals surface area (Å²) < 4.78 is 10.7. The van der Waals surface area contributed by atoms with Gasteiger partial charge < -0.3 is 14.6 Å². The maximum atomic E-state index is 9.75. The third-order valence-electron chi connectivity index (χ3n) is 2.87. The summed E-state index contributed by atoms with van der Waals surface area (Å²) in [6.07, 6.45) is 2.91. The Hall–Kier alpha value is -0.120.